The molecule has 0 aliphatic heterocycles. The van der Waals surface area contributed by atoms with Crippen LogP contribution in [0.25, 0.3) is 0 Å². The zero-order valence-corrected chi connectivity index (χ0v) is 7.39. The van der Waals surface area contributed by atoms with Gasteiger partial charge in [0.05, 0.1) is 0 Å². The summed E-state index contributed by atoms with van der Waals surface area (Å²) in [6, 6.07) is -0.522. The summed E-state index contributed by atoms with van der Waals surface area (Å²) in [6.07, 6.45) is 2.60. The standard InChI is InChI=1S/C6H14N2O2S/c1-11-3-2-5(8)6(9)10-4-7/h5H,2-4,7-8H2,1H3. The van der Waals surface area contributed by atoms with E-state index in [-0.39, 0.29) is 6.73 Å². The number of esters is 1. The Hall–Kier alpha value is -0.260. The van der Waals surface area contributed by atoms with E-state index in [0.717, 1.165) is 5.75 Å². The molecule has 0 rings (SSSR count). The Morgan fingerprint density at radius 3 is 2.82 bits per heavy atom. The lowest BCUT2D eigenvalue weighted by atomic mass is 10.2. The fourth-order valence-electron chi connectivity index (χ4n) is 0.552. The Labute approximate surface area is 70.6 Å². The van der Waals surface area contributed by atoms with Crippen LogP contribution in [0.15, 0.2) is 0 Å². The van der Waals surface area contributed by atoms with Crippen molar-refractivity contribution in [1.29, 1.82) is 0 Å². The first-order valence-corrected chi connectivity index (χ1v) is 4.73. The molecule has 0 spiro atoms. The van der Waals surface area contributed by atoms with Crippen LogP contribution in [0, 0.1) is 0 Å². The van der Waals surface area contributed by atoms with Gasteiger partial charge in [0.2, 0.25) is 0 Å². The van der Waals surface area contributed by atoms with Crippen molar-refractivity contribution >= 4 is 17.7 Å². The number of carbonyl (C=O) groups excluding carboxylic acids is 1. The minimum absolute atomic E-state index is 0.0915. The van der Waals surface area contributed by atoms with Crippen LogP contribution in [0.5, 0.6) is 0 Å². The van der Waals surface area contributed by atoms with Crippen LogP contribution in [0.1, 0.15) is 6.42 Å². The molecule has 0 radical (unpaired) electrons. The number of thioether (sulfide) groups is 1. The molecule has 4 N–H and O–H groups in total. The van der Waals surface area contributed by atoms with E-state index in [0.29, 0.717) is 6.42 Å². The normalized spacial score (nSPS) is 12.6. The predicted molar refractivity (Wildman–Crippen MR) is 46.1 cm³/mol. The van der Waals surface area contributed by atoms with Crippen LogP contribution >= 0.6 is 11.8 Å². The lowest BCUT2D eigenvalue weighted by Gasteiger charge is -2.08. The summed E-state index contributed by atoms with van der Waals surface area (Å²) in [5.41, 5.74) is 10.4. The lowest BCUT2D eigenvalue weighted by Crippen LogP contribution is -2.34. The Morgan fingerprint density at radius 1 is 1.73 bits per heavy atom. The number of rotatable bonds is 5. The van der Waals surface area contributed by atoms with Gasteiger partial charge in [0, 0.05) is 0 Å². The molecular formula is C6H14N2O2S. The van der Waals surface area contributed by atoms with Crippen LogP contribution in [-0.4, -0.2) is 30.8 Å². The molecule has 0 amide bonds. The molecule has 0 aromatic rings. The van der Waals surface area contributed by atoms with E-state index < -0.39 is 12.0 Å². The van der Waals surface area contributed by atoms with Gasteiger partial charge in [-0.25, -0.2) is 0 Å². The van der Waals surface area contributed by atoms with Gasteiger partial charge in [0.25, 0.3) is 0 Å². The fourth-order valence-corrected chi connectivity index (χ4v) is 1.04. The van der Waals surface area contributed by atoms with E-state index in [9.17, 15) is 4.79 Å². The third-order valence-corrected chi connectivity index (χ3v) is 1.81. The summed E-state index contributed by atoms with van der Waals surface area (Å²) in [6.45, 7) is -0.0915. The average molecular weight is 178 g/mol. The molecule has 0 aromatic heterocycles. The van der Waals surface area contributed by atoms with Crippen molar-refractivity contribution in [2.75, 3.05) is 18.7 Å². The number of carbonyl (C=O) groups is 1. The molecule has 66 valence electrons. The van der Waals surface area contributed by atoms with Crippen molar-refractivity contribution in [3.05, 3.63) is 0 Å². The van der Waals surface area contributed by atoms with Crippen molar-refractivity contribution in [3.63, 3.8) is 0 Å². The Morgan fingerprint density at radius 2 is 2.36 bits per heavy atom. The van der Waals surface area contributed by atoms with Crippen LogP contribution in [0.2, 0.25) is 0 Å². The SMILES string of the molecule is CSCCC(N)C(=O)OCN. The molecule has 0 aliphatic rings. The van der Waals surface area contributed by atoms with Crippen molar-refractivity contribution in [2.45, 2.75) is 12.5 Å². The van der Waals surface area contributed by atoms with E-state index in [1.807, 2.05) is 6.26 Å². The second-order valence-corrected chi connectivity index (χ2v) is 3.00. The van der Waals surface area contributed by atoms with Crippen molar-refractivity contribution < 1.29 is 9.53 Å². The van der Waals surface area contributed by atoms with E-state index in [1.165, 1.54) is 0 Å². The van der Waals surface area contributed by atoms with Gasteiger partial charge in [-0.1, -0.05) is 0 Å². The van der Waals surface area contributed by atoms with Gasteiger partial charge in [0.1, 0.15) is 12.8 Å². The summed E-state index contributed by atoms with van der Waals surface area (Å²) < 4.78 is 4.51. The van der Waals surface area contributed by atoms with E-state index >= 15 is 0 Å². The van der Waals surface area contributed by atoms with Gasteiger partial charge >= 0.3 is 5.97 Å². The molecule has 4 nitrogen and oxygen atoms in total. The number of hydrogen-bond acceptors (Lipinski definition) is 5. The lowest BCUT2D eigenvalue weighted by molar-refractivity contribution is -0.145. The Balaban J connectivity index is 3.46. The first-order valence-electron chi connectivity index (χ1n) is 3.33. The van der Waals surface area contributed by atoms with E-state index in [2.05, 4.69) is 4.74 Å². The first-order chi connectivity index (χ1) is 5.22. The van der Waals surface area contributed by atoms with Crippen molar-refractivity contribution in [3.8, 4) is 0 Å². The van der Waals surface area contributed by atoms with E-state index in [1.54, 1.807) is 11.8 Å². The van der Waals surface area contributed by atoms with Gasteiger partial charge < -0.3 is 10.5 Å². The summed E-state index contributed by atoms with van der Waals surface area (Å²) in [4.78, 5) is 10.8. The highest BCUT2D eigenvalue weighted by molar-refractivity contribution is 7.98. The molecular weight excluding hydrogens is 164 g/mol. The molecule has 0 fully saturated rings. The van der Waals surface area contributed by atoms with Crippen LogP contribution < -0.4 is 11.5 Å². The van der Waals surface area contributed by atoms with Crippen molar-refractivity contribution in [1.82, 2.24) is 0 Å². The summed E-state index contributed by atoms with van der Waals surface area (Å²) in [5, 5.41) is 0. The van der Waals surface area contributed by atoms with Gasteiger partial charge in [-0.3, -0.25) is 10.5 Å². The highest BCUT2D eigenvalue weighted by Gasteiger charge is 2.12. The Bertz CT molecular complexity index is 121. The second kappa shape index (κ2) is 6.45. The summed E-state index contributed by atoms with van der Waals surface area (Å²) in [5.74, 6) is 0.447. The molecule has 0 saturated heterocycles. The summed E-state index contributed by atoms with van der Waals surface area (Å²) >= 11 is 1.65. The zero-order chi connectivity index (χ0) is 8.69. The molecule has 1 atom stereocenters. The zero-order valence-electron chi connectivity index (χ0n) is 6.58. The van der Waals surface area contributed by atoms with Crippen molar-refractivity contribution in [2.24, 2.45) is 11.5 Å². The molecule has 0 aromatic carbocycles. The minimum Gasteiger partial charge on any atom is -0.449 e. The van der Waals surface area contributed by atoms with Gasteiger partial charge in [-0.05, 0) is 18.4 Å². The maximum atomic E-state index is 10.8. The number of nitrogens with two attached hydrogens (primary N) is 2. The maximum absolute atomic E-state index is 10.8. The second-order valence-electron chi connectivity index (χ2n) is 2.02. The molecule has 0 aliphatic carbocycles. The smallest absolute Gasteiger partial charge is 0.324 e. The Kier molecular flexibility index (Phi) is 6.30. The first kappa shape index (κ1) is 10.7. The maximum Gasteiger partial charge on any atom is 0.324 e. The van der Waals surface area contributed by atoms with E-state index in [4.69, 9.17) is 11.5 Å². The minimum atomic E-state index is -0.522. The fraction of sp³-hybridized carbons (Fsp3) is 0.833. The summed E-state index contributed by atoms with van der Waals surface area (Å²) in [7, 11) is 0. The molecule has 0 heterocycles. The largest absolute Gasteiger partial charge is 0.449 e. The third-order valence-electron chi connectivity index (χ3n) is 1.16. The molecule has 1 unspecified atom stereocenters. The van der Waals surface area contributed by atoms with Gasteiger partial charge in [0.15, 0.2) is 0 Å². The number of hydrogen-bond donors (Lipinski definition) is 2. The van der Waals surface area contributed by atoms with Gasteiger partial charge in [-0.15, -0.1) is 0 Å². The molecule has 0 bridgehead atoms. The average Bonchev–Trinajstić information content (AvgIpc) is 2.00. The topological polar surface area (TPSA) is 78.3 Å². The third kappa shape index (κ3) is 5.06. The highest BCUT2D eigenvalue weighted by Crippen LogP contribution is 1.99. The van der Waals surface area contributed by atoms with Gasteiger partial charge in [-0.2, -0.15) is 11.8 Å². The molecule has 11 heavy (non-hydrogen) atoms. The monoisotopic (exact) mass is 178 g/mol. The van der Waals surface area contributed by atoms with Crippen LogP contribution in [0.3, 0.4) is 0 Å². The predicted octanol–water partition coefficient (Wildman–Crippen LogP) is -0.474. The molecule has 0 saturated carbocycles. The van der Waals surface area contributed by atoms with Crippen LogP contribution in [-0.2, 0) is 9.53 Å². The van der Waals surface area contributed by atoms with Crippen LogP contribution in [0.4, 0.5) is 0 Å². The quantitative estimate of drug-likeness (QED) is 0.439. The molecule has 5 heteroatoms. The number of ether oxygens (including phenoxy) is 1. The highest BCUT2D eigenvalue weighted by atomic mass is 32.2.